The molecule has 2 fully saturated rings. The number of hydrogen-bond acceptors (Lipinski definition) is 6. The molecule has 3 N–H and O–H groups in total. The van der Waals surface area contributed by atoms with E-state index >= 15 is 0 Å². The highest BCUT2D eigenvalue weighted by molar-refractivity contribution is 6.12. The number of aromatic amines is 1. The summed E-state index contributed by atoms with van der Waals surface area (Å²) in [6.45, 7) is 11.5. The minimum absolute atomic E-state index is 0.0571. The van der Waals surface area contributed by atoms with Crippen molar-refractivity contribution in [3.63, 3.8) is 0 Å². The molecule has 9 heteroatoms. The topological polar surface area (TPSA) is 116 Å². The van der Waals surface area contributed by atoms with Gasteiger partial charge in [0.2, 0.25) is 11.8 Å². The maximum Gasteiger partial charge on any atom is 0.277 e. The second-order valence-electron chi connectivity index (χ2n) is 8.50. The van der Waals surface area contributed by atoms with E-state index < -0.39 is 17.7 Å². The molecule has 0 bridgehead atoms. The lowest BCUT2D eigenvalue weighted by molar-refractivity contribution is -0.147. The van der Waals surface area contributed by atoms with Crippen LogP contribution in [0.4, 0.5) is 0 Å². The van der Waals surface area contributed by atoms with Gasteiger partial charge in [-0.05, 0) is 17.9 Å². The molecule has 0 aliphatic carbocycles. The highest BCUT2D eigenvalue weighted by Crippen LogP contribution is 2.30. The van der Waals surface area contributed by atoms with E-state index in [1.165, 1.54) is 6.92 Å². The quantitative estimate of drug-likeness (QED) is 0.618. The monoisotopic (exact) mass is 417 g/mol. The second kappa shape index (κ2) is 9.09. The van der Waals surface area contributed by atoms with Crippen LogP contribution in [-0.4, -0.2) is 64.9 Å². The Bertz CT molecular complexity index is 852. The molecule has 0 saturated carbocycles. The van der Waals surface area contributed by atoms with Gasteiger partial charge in [0.25, 0.3) is 5.91 Å². The van der Waals surface area contributed by atoms with Crippen LogP contribution in [0, 0.1) is 5.92 Å². The molecular formula is C21H31N5O4. The molecule has 1 aromatic heterocycles. The molecule has 0 spiro atoms. The summed E-state index contributed by atoms with van der Waals surface area (Å²) >= 11 is 0. The molecule has 3 heterocycles. The molecule has 2 unspecified atom stereocenters. The summed E-state index contributed by atoms with van der Waals surface area (Å²) in [5.74, 6) is -0.0387. The lowest BCUT2D eigenvalue weighted by atomic mass is 9.87. The number of hydrogen-bond donors (Lipinski definition) is 3. The van der Waals surface area contributed by atoms with Gasteiger partial charge in [0.15, 0.2) is 0 Å². The summed E-state index contributed by atoms with van der Waals surface area (Å²) in [7, 11) is 0. The van der Waals surface area contributed by atoms with Gasteiger partial charge < -0.3 is 20.4 Å². The lowest BCUT2D eigenvalue weighted by Crippen LogP contribution is -2.51. The minimum atomic E-state index is -0.524. The average Bonchev–Trinajstić information content (AvgIpc) is 3.08. The smallest absolute Gasteiger partial charge is 0.277 e. The Kier molecular flexibility index (Phi) is 6.72. The first-order valence-electron chi connectivity index (χ1n) is 10.4. The van der Waals surface area contributed by atoms with Crippen LogP contribution >= 0.6 is 0 Å². The van der Waals surface area contributed by atoms with E-state index in [0.717, 1.165) is 23.0 Å². The van der Waals surface area contributed by atoms with Crippen LogP contribution in [0.5, 0.6) is 0 Å². The van der Waals surface area contributed by atoms with E-state index in [9.17, 15) is 14.4 Å². The van der Waals surface area contributed by atoms with Crippen molar-refractivity contribution >= 4 is 23.8 Å². The Labute approximate surface area is 176 Å². The molecule has 2 atom stereocenters. The van der Waals surface area contributed by atoms with Gasteiger partial charge >= 0.3 is 0 Å². The first-order valence-corrected chi connectivity index (χ1v) is 10.4. The van der Waals surface area contributed by atoms with Gasteiger partial charge in [-0.3, -0.25) is 19.3 Å². The number of nitrogens with zero attached hydrogens (tertiary/aromatic N) is 2. The fourth-order valence-electron chi connectivity index (χ4n) is 4.01. The fourth-order valence-corrected chi connectivity index (χ4v) is 4.01. The van der Waals surface area contributed by atoms with Gasteiger partial charge in [0.05, 0.1) is 18.9 Å². The normalized spacial score (nSPS) is 22.7. The zero-order valence-corrected chi connectivity index (χ0v) is 18.2. The van der Waals surface area contributed by atoms with E-state index in [0.29, 0.717) is 24.8 Å². The maximum absolute atomic E-state index is 12.7. The van der Waals surface area contributed by atoms with E-state index in [4.69, 9.17) is 9.72 Å². The Hall–Kier alpha value is -2.52. The fraction of sp³-hybridized carbons (Fsp3) is 0.619. The van der Waals surface area contributed by atoms with Gasteiger partial charge in [-0.25, -0.2) is 4.98 Å². The second-order valence-corrected chi connectivity index (χ2v) is 8.50. The van der Waals surface area contributed by atoms with Gasteiger partial charge in [0.1, 0.15) is 18.1 Å². The number of imide groups is 1. The molecule has 1 aromatic rings. The third kappa shape index (κ3) is 4.62. The Morgan fingerprint density at radius 3 is 2.57 bits per heavy atom. The molecule has 0 radical (unpaired) electrons. The van der Waals surface area contributed by atoms with Gasteiger partial charge in [-0.15, -0.1) is 0 Å². The summed E-state index contributed by atoms with van der Waals surface area (Å²) in [5, 5.41) is 6.10. The van der Waals surface area contributed by atoms with Crippen molar-refractivity contribution in [2.45, 2.75) is 52.5 Å². The number of ether oxygens (including phenoxy) is 1. The molecule has 2 aliphatic heterocycles. The van der Waals surface area contributed by atoms with Crippen molar-refractivity contribution < 1.29 is 19.1 Å². The van der Waals surface area contributed by atoms with Crippen LogP contribution in [0.1, 0.15) is 63.7 Å². The van der Waals surface area contributed by atoms with Crippen molar-refractivity contribution in [1.82, 2.24) is 25.5 Å². The van der Waals surface area contributed by atoms with Crippen molar-refractivity contribution in [2.24, 2.45) is 5.92 Å². The van der Waals surface area contributed by atoms with E-state index in [1.807, 2.05) is 13.8 Å². The SMILES string of the molecule is CC(=O)N1CC(=O)N/C(=C\c2nc(C(C(C)C)C3COCCN3)[nH]c2C(C)C)C1=O. The molecule has 9 nitrogen and oxygen atoms in total. The van der Waals surface area contributed by atoms with Crippen molar-refractivity contribution in [1.29, 1.82) is 0 Å². The van der Waals surface area contributed by atoms with E-state index in [1.54, 1.807) is 6.08 Å². The first kappa shape index (κ1) is 22.2. The largest absolute Gasteiger partial charge is 0.378 e. The van der Waals surface area contributed by atoms with E-state index in [-0.39, 0.29) is 30.1 Å². The van der Waals surface area contributed by atoms with Gasteiger partial charge in [0, 0.05) is 31.1 Å². The Morgan fingerprint density at radius 2 is 2.00 bits per heavy atom. The predicted molar refractivity (Wildman–Crippen MR) is 111 cm³/mol. The molecule has 2 aliphatic rings. The zero-order chi connectivity index (χ0) is 22.0. The third-order valence-electron chi connectivity index (χ3n) is 5.49. The van der Waals surface area contributed by atoms with Gasteiger partial charge in [-0.2, -0.15) is 0 Å². The molecule has 0 aromatic carbocycles. The molecular weight excluding hydrogens is 386 g/mol. The van der Waals surface area contributed by atoms with E-state index in [2.05, 4.69) is 29.5 Å². The number of aromatic nitrogens is 2. The predicted octanol–water partition coefficient (Wildman–Crippen LogP) is 1.11. The maximum atomic E-state index is 12.7. The van der Waals surface area contributed by atoms with Gasteiger partial charge in [-0.1, -0.05) is 27.7 Å². The number of morpholine rings is 1. The number of carbonyl (C=O) groups excluding carboxylic acids is 3. The highest BCUT2D eigenvalue weighted by atomic mass is 16.5. The summed E-state index contributed by atoms with van der Waals surface area (Å²) in [4.78, 5) is 45.6. The number of carbonyl (C=O) groups is 3. The lowest BCUT2D eigenvalue weighted by Gasteiger charge is -2.32. The van der Waals surface area contributed by atoms with Crippen molar-refractivity contribution in [3.05, 3.63) is 22.9 Å². The average molecular weight is 418 g/mol. The highest BCUT2D eigenvalue weighted by Gasteiger charge is 2.33. The summed E-state index contributed by atoms with van der Waals surface area (Å²) in [6, 6.07) is 0.134. The molecule has 30 heavy (non-hydrogen) atoms. The van der Waals surface area contributed by atoms with Crippen molar-refractivity contribution in [3.8, 4) is 0 Å². The number of amides is 3. The van der Waals surface area contributed by atoms with Crippen LogP contribution < -0.4 is 10.6 Å². The molecule has 3 rings (SSSR count). The Morgan fingerprint density at radius 1 is 1.27 bits per heavy atom. The van der Waals surface area contributed by atoms with Crippen LogP contribution in [0.25, 0.3) is 6.08 Å². The standard InChI is InChI=1S/C21H31N5O4/c1-11(2)18(16-10-30-7-6-22-16)20-24-14(19(25-20)12(3)4)8-15-21(29)26(13(5)27)9-17(28)23-15/h8,11-12,16,18,22H,6-7,9-10H2,1-5H3,(H,23,28)(H,24,25)/b15-8-. The number of rotatable bonds is 5. The third-order valence-corrected chi connectivity index (χ3v) is 5.49. The number of piperazine rings is 1. The number of imidazole rings is 1. The molecule has 164 valence electrons. The molecule has 3 amide bonds. The summed E-state index contributed by atoms with van der Waals surface area (Å²) < 4.78 is 5.66. The number of H-pyrrole nitrogens is 1. The first-order chi connectivity index (χ1) is 14.2. The van der Waals surface area contributed by atoms with Crippen LogP contribution in [-0.2, 0) is 19.1 Å². The zero-order valence-electron chi connectivity index (χ0n) is 18.2. The summed E-state index contributed by atoms with van der Waals surface area (Å²) in [5.41, 5.74) is 1.53. The van der Waals surface area contributed by atoms with Crippen LogP contribution in [0.3, 0.4) is 0 Å². The minimum Gasteiger partial charge on any atom is -0.378 e. The molecule has 2 saturated heterocycles. The summed E-state index contributed by atoms with van der Waals surface area (Å²) in [6.07, 6.45) is 1.56. The number of nitrogens with one attached hydrogen (secondary N) is 3. The van der Waals surface area contributed by atoms with Crippen LogP contribution in [0.15, 0.2) is 5.70 Å². The van der Waals surface area contributed by atoms with Crippen molar-refractivity contribution in [2.75, 3.05) is 26.3 Å². The van der Waals surface area contributed by atoms with Crippen LogP contribution in [0.2, 0.25) is 0 Å². The Balaban J connectivity index is 1.99.